The molecule has 1 unspecified atom stereocenters. The van der Waals surface area contributed by atoms with Crippen LogP contribution in [0.25, 0.3) is 11.1 Å². The van der Waals surface area contributed by atoms with Gasteiger partial charge in [-0.25, -0.2) is 14.4 Å². The van der Waals surface area contributed by atoms with Crippen molar-refractivity contribution in [2.75, 3.05) is 23.8 Å². The summed E-state index contributed by atoms with van der Waals surface area (Å²) in [7, 11) is 1.81. The molecular weight excluding hydrogens is 433 g/mol. The van der Waals surface area contributed by atoms with Gasteiger partial charge in [-0.1, -0.05) is 0 Å². The van der Waals surface area contributed by atoms with Crippen LogP contribution in [-0.4, -0.2) is 45.6 Å². The number of piperidine rings is 1. The molecule has 3 N–H and O–H groups in total. The molecule has 2 aromatic heterocycles. The van der Waals surface area contributed by atoms with Gasteiger partial charge in [0.15, 0.2) is 5.75 Å². The third kappa shape index (κ3) is 3.14. The first-order valence-electron chi connectivity index (χ1n) is 12.0. The van der Waals surface area contributed by atoms with E-state index in [1.54, 1.807) is 18.5 Å². The molecule has 8 nitrogen and oxygen atoms in total. The topological polar surface area (TPSA) is 102 Å². The number of ether oxygens (including phenoxy) is 1. The van der Waals surface area contributed by atoms with E-state index in [0.29, 0.717) is 30.0 Å². The van der Waals surface area contributed by atoms with Gasteiger partial charge in [0.05, 0.1) is 18.1 Å². The second kappa shape index (κ2) is 7.33. The van der Waals surface area contributed by atoms with Gasteiger partial charge in [0, 0.05) is 49.3 Å². The summed E-state index contributed by atoms with van der Waals surface area (Å²) in [6.45, 7) is 0.845. The Bertz CT molecular complexity index is 1290. The van der Waals surface area contributed by atoms with Crippen molar-refractivity contribution in [2.24, 2.45) is 11.7 Å². The Morgan fingerprint density at radius 1 is 1.15 bits per heavy atom. The maximum Gasteiger partial charge on any atom is 0.324 e. The Morgan fingerprint density at radius 2 is 1.97 bits per heavy atom. The van der Waals surface area contributed by atoms with Gasteiger partial charge in [0.25, 0.3) is 0 Å². The molecule has 3 fully saturated rings. The van der Waals surface area contributed by atoms with Crippen molar-refractivity contribution in [3.05, 3.63) is 47.4 Å². The fraction of sp³-hybridized carbons (Fsp3) is 0.440. The lowest BCUT2D eigenvalue weighted by molar-refractivity contribution is 0.431. The van der Waals surface area contributed by atoms with Crippen molar-refractivity contribution in [3.63, 3.8) is 0 Å². The van der Waals surface area contributed by atoms with E-state index < -0.39 is 0 Å². The lowest BCUT2D eigenvalue weighted by Crippen LogP contribution is -2.41. The third-order valence-electron chi connectivity index (χ3n) is 7.71. The summed E-state index contributed by atoms with van der Waals surface area (Å²) in [5.74, 6) is 2.84. The maximum absolute atomic E-state index is 14.5. The quantitative estimate of drug-likeness (QED) is 0.467. The Labute approximate surface area is 196 Å². The number of halogens is 1. The second-order valence-corrected chi connectivity index (χ2v) is 9.91. The van der Waals surface area contributed by atoms with Crippen LogP contribution in [0.4, 0.5) is 15.9 Å². The first-order valence-corrected chi connectivity index (χ1v) is 12.0. The molecule has 1 aromatic carbocycles. The number of hydrogen-bond donors (Lipinski definition) is 2. The van der Waals surface area contributed by atoms with Crippen LogP contribution in [0.5, 0.6) is 11.8 Å². The van der Waals surface area contributed by atoms with Crippen molar-refractivity contribution in [1.29, 1.82) is 0 Å². The van der Waals surface area contributed by atoms with Crippen molar-refractivity contribution in [1.82, 2.24) is 19.9 Å². The molecule has 3 heterocycles. The van der Waals surface area contributed by atoms with Gasteiger partial charge < -0.3 is 20.7 Å². The minimum absolute atomic E-state index is 0.231. The first-order chi connectivity index (χ1) is 16.6. The number of nitrogens with one attached hydrogen (secondary N) is 1. The van der Waals surface area contributed by atoms with Gasteiger partial charge in [-0.05, 0) is 54.9 Å². The van der Waals surface area contributed by atoms with Crippen molar-refractivity contribution < 1.29 is 9.13 Å². The average Bonchev–Trinajstić information content (AvgIpc) is 3.36. The highest BCUT2D eigenvalue weighted by Crippen LogP contribution is 2.49. The Balaban J connectivity index is 1.31. The van der Waals surface area contributed by atoms with Crippen LogP contribution in [0.1, 0.15) is 48.7 Å². The smallest absolute Gasteiger partial charge is 0.324 e. The number of rotatable bonds is 5. The molecule has 0 radical (unpaired) electrons. The van der Waals surface area contributed by atoms with Crippen molar-refractivity contribution >= 4 is 11.5 Å². The number of anilines is 2. The largest absolute Gasteiger partial charge is 0.421 e. The summed E-state index contributed by atoms with van der Waals surface area (Å²) in [4.78, 5) is 20.9. The zero-order valence-corrected chi connectivity index (χ0v) is 19.0. The molecule has 1 aliphatic heterocycles. The van der Waals surface area contributed by atoms with E-state index in [2.05, 4.69) is 20.2 Å². The molecule has 4 aliphatic rings. The number of hydrogen-bond acceptors (Lipinski definition) is 8. The molecule has 3 aliphatic carbocycles. The normalized spacial score (nSPS) is 24.3. The highest BCUT2D eigenvalue weighted by Gasteiger charge is 2.45. The fourth-order valence-electron chi connectivity index (χ4n) is 5.86. The monoisotopic (exact) mass is 459 g/mol. The van der Waals surface area contributed by atoms with Crippen LogP contribution < -0.4 is 20.7 Å². The number of fused-ring (bicyclic) bond motifs is 5. The van der Waals surface area contributed by atoms with Crippen LogP contribution in [-0.2, 0) is 6.42 Å². The molecule has 2 bridgehead atoms. The van der Waals surface area contributed by atoms with Gasteiger partial charge in [0.1, 0.15) is 17.5 Å². The molecule has 3 atom stereocenters. The highest BCUT2D eigenvalue weighted by atomic mass is 19.1. The first kappa shape index (κ1) is 20.1. The predicted octanol–water partition coefficient (Wildman–Crippen LogP) is 3.61. The number of nitrogens with two attached hydrogens (primary N) is 1. The summed E-state index contributed by atoms with van der Waals surface area (Å²) in [6.07, 6.45) is 8.27. The summed E-state index contributed by atoms with van der Waals surface area (Å²) in [6, 6.07) is 3.96. The van der Waals surface area contributed by atoms with Crippen LogP contribution >= 0.6 is 0 Å². The van der Waals surface area contributed by atoms with Crippen molar-refractivity contribution in [3.8, 4) is 22.9 Å². The Kier molecular flexibility index (Phi) is 4.33. The van der Waals surface area contributed by atoms with E-state index in [-0.39, 0.29) is 17.9 Å². The lowest BCUT2D eigenvalue weighted by Gasteiger charge is -2.32. The summed E-state index contributed by atoms with van der Waals surface area (Å²) >= 11 is 0. The SMILES string of the molecule is CNc1cc(F)cc2c1Cc1nc(Oc3cnc(C4CC4)nc3)nc(N3CC4C[C@H]3C[C@@H]4N)c1-2. The zero-order valence-electron chi connectivity index (χ0n) is 19.0. The lowest BCUT2D eigenvalue weighted by atomic mass is 10.0. The molecule has 1 saturated heterocycles. The second-order valence-electron chi connectivity index (χ2n) is 9.91. The molecule has 9 heteroatoms. The molecule has 3 aromatic rings. The summed E-state index contributed by atoms with van der Waals surface area (Å²) in [5, 5.41) is 3.13. The Hall–Kier alpha value is -3.33. The molecule has 34 heavy (non-hydrogen) atoms. The molecular formula is C25H26FN7O. The predicted molar refractivity (Wildman–Crippen MR) is 126 cm³/mol. The van der Waals surface area contributed by atoms with E-state index >= 15 is 0 Å². The molecule has 2 saturated carbocycles. The van der Waals surface area contributed by atoms with Crippen molar-refractivity contribution in [2.45, 2.75) is 50.1 Å². The highest BCUT2D eigenvalue weighted by molar-refractivity contribution is 5.88. The molecule has 0 amide bonds. The minimum Gasteiger partial charge on any atom is -0.421 e. The molecule has 7 rings (SSSR count). The third-order valence-corrected chi connectivity index (χ3v) is 7.71. The zero-order chi connectivity index (χ0) is 23.0. The fourth-order valence-corrected chi connectivity index (χ4v) is 5.86. The van der Waals surface area contributed by atoms with E-state index in [1.807, 2.05) is 7.05 Å². The summed E-state index contributed by atoms with van der Waals surface area (Å²) < 4.78 is 20.6. The minimum atomic E-state index is -0.278. The summed E-state index contributed by atoms with van der Waals surface area (Å²) in [5.41, 5.74) is 10.7. The van der Waals surface area contributed by atoms with E-state index in [4.69, 9.17) is 20.4 Å². The van der Waals surface area contributed by atoms with Crippen LogP contribution in [0.2, 0.25) is 0 Å². The van der Waals surface area contributed by atoms with E-state index in [0.717, 1.165) is 71.9 Å². The number of benzene rings is 1. The number of nitrogens with zero attached hydrogens (tertiary/aromatic N) is 5. The van der Waals surface area contributed by atoms with Gasteiger partial charge in [0.2, 0.25) is 0 Å². The molecule has 174 valence electrons. The van der Waals surface area contributed by atoms with Gasteiger partial charge in [-0.3, -0.25) is 0 Å². The van der Waals surface area contributed by atoms with Gasteiger partial charge in [-0.2, -0.15) is 9.97 Å². The standard InChI is InChI=1S/C25H26FN7O/c1-28-20-6-14(26)5-18-17(20)8-21-22(18)24(33-11-13-4-15(33)7-19(13)27)32-25(31-21)34-16-9-29-23(30-10-16)12-2-3-12/h5-6,9-10,12-13,15,19,28H,2-4,7-8,11,27H2,1H3/t13?,15-,19-/m0/s1. The van der Waals surface area contributed by atoms with Gasteiger partial charge in [-0.15, -0.1) is 0 Å². The average molecular weight is 460 g/mol. The van der Waals surface area contributed by atoms with Crippen LogP contribution in [0.15, 0.2) is 24.5 Å². The van der Waals surface area contributed by atoms with E-state index in [9.17, 15) is 4.39 Å². The number of aromatic nitrogens is 4. The maximum atomic E-state index is 14.5. The Morgan fingerprint density at radius 3 is 2.65 bits per heavy atom. The molecule has 0 spiro atoms. The van der Waals surface area contributed by atoms with Crippen LogP contribution in [0.3, 0.4) is 0 Å². The van der Waals surface area contributed by atoms with Crippen LogP contribution in [0, 0.1) is 11.7 Å². The van der Waals surface area contributed by atoms with E-state index in [1.165, 1.54) is 6.07 Å². The van der Waals surface area contributed by atoms with Gasteiger partial charge >= 0.3 is 6.01 Å².